The third kappa shape index (κ3) is 5.61. The number of halogens is 3. The first kappa shape index (κ1) is 25.1. The Morgan fingerprint density at radius 1 is 1.15 bits per heavy atom. The largest absolute Gasteiger partial charge is 0.488 e. The minimum Gasteiger partial charge on any atom is -0.488 e. The van der Waals surface area contributed by atoms with Gasteiger partial charge >= 0.3 is 0 Å². The van der Waals surface area contributed by atoms with Gasteiger partial charge in [-0.15, -0.1) is 11.3 Å². The van der Waals surface area contributed by atoms with Gasteiger partial charge in [-0.25, -0.2) is 4.99 Å². The highest BCUT2D eigenvalue weighted by Gasteiger charge is 2.32. The van der Waals surface area contributed by atoms with E-state index in [2.05, 4.69) is 26.8 Å². The molecule has 0 aliphatic heterocycles. The molecule has 3 nitrogen and oxygen atoms in total. The summed E-state index contributed by atoms with van der Waals surface area (Å²) < 4.78 is 6.04. The second kappa shape index (κ2) is 10.3. The summed E-state index contributed by atoms with van der Waals surface area (Å²) in [7, 11) is 0. The highest BCUT2D eigenvalue weighted by molar-refractivity contribution is 7.16. The lowest BCUT2D eigenvalue weighted by atomic mass is 9.72. The molecule has 0 fully saturated rings. The zero-order valence-corrected chi connectivity index (χ0v) is 22.4. The van der Waals surface area contributed by atoms with E-state index in [1.165, 1.54) is 10.4 Å². The van der Waals surface area contributed by atoms with Gasteiger partial charge in [0.1, 0.15) is 23.4 Å². The van der Waals surface area contributed by atoms with Crippen molar-refractivity contribution in [2.75, 3.05) is 0 Å². The molecule has 0 unspecified atom stereocenters. The summed E-state index contributed by atoms with van der Waals surface area (Å²) in [4.78, 5) is 6.00. The predicted octanol–water partition coefficient (Wildman–Crippen LogP) is 9.06. The highest BCUT2D eigenvalue weighted by atomic mass is 35.5. The maximum absolute atomic E-state index is 9.85. The lowest BCUT2D eigenvalue weighted by Crippen LogP contribution is -2.26. The molecular weight excluding hydrogens is 507 g/mol. The normalized spacial score (nSPS) is 15.9. The van der Waals surface area contributed by atoms with Gasteiger partial charge in [0.2, 0.25) is 0 Å². The Hall–Kier alpha value is -2.03. The van der Waals surface area contributed by atoms with Crippen LogP contribution in [0.3, 0.4) is 0 Å². The molecule has 1 aliphatic rings. The van der Waals surface area contributed by atoms with Gasteiger partial charge in [-0.2, -0.15) is 5.26 Å². The van der Waals surface area contributed by atoms with Crippen molar-refractivity contribution in [3.8, 4) is 11.8 Å². The first-order chi connectivity index (χ1) is 16.2. The molecule has 1 atom stereocenters. The number of aliphatic imine (C=N–C) groups is 1. The van der Waals surface area contributed by atoms with Crippen LogP contribution in [0.15, 0.2) is 41.4 Å². The molecule has 0 saturated carbocycles. The van der Waals surface area contributed by atoms with Crippen LogP contribution in [0, 0.1) is 22.7 Å². The minimum absolute atomic E-state index is 0.249. The number of hydrogen-bond donors (Lipinski definition) is 0. The van der Waals surface area contributed by atoms with E-state index in [9.17, 15) is 5.26 Å². The summed E-state index contributed by atoms with van der Waals surface area (Å²) in [6.45, 7) is 7.20. The van der Waals surface area contributed by atoms with Gasteiger partial charge in [0.05, 0.1) is 15.6 Å². The molecule has 0 amide bonds. The van der Waals surface area contributed by atoms with Crippen molar-refractivity contribution in [3.05, 3.63) is 78.6 Å². The summed E-state index contributed by atoms with van der Waals surface area (Å²) in [5.41, 5.74) is 3.76. The van der Waals surface area contributed by atoms with Crippen molar-refractivity contribution >= 4 is 57.4 Å². The lowest BCUT2D eigenvalue weighted by Gasteiger charge is -2.33. The van der Waals surface area contributed by atoms with E-state index in [0.717, 1.165) is 35.4 Å². The summed E-state index contributed by atoms with van der Waals surface area (Å²) in [5, 5.41) is 12.2. The summed E-state index contributed by atoms with van der Waals surface area (Å²) in [6.07, 6.45) is 4.77. The number of rotatable bonds is 5. The number of nitriles is 1. The smallest absolute Gasteiger partial charge is 0.134 e. The van der Waals surface area contributed by atoms with E-state index in [0.29, 0.717) is 38.9 Å². The third-order valence-electron chi connectivity index (χ3n) is 6.25. The number of thiophene rings is 1. The van der Waals surface area contributed by atoms with Gasteiger partial charge in [-0.05, 0) is 72.1 Å². The van der Waals surface area contributed by atoms with E-state index in [1.807, 2.05) is 18.2 Å². The number of benzene rings is 2. The Labute approximate surface area is 220 Å². The minimum atomic E-state index is 0.249. The molecule has 0 N–H and O–H groups in total. The van der Waals surface area contributed by atoms with E-state index in [-0.39, 0.29) is 5.41 Å². The second-order valence-electron chi connectivity index (χ2n) is 9.58. The number of hydrogen-bond acceptors (Lipinski definition) is 4. The molecule has 34 heavy (non-hydrogen) atoms. The molecule has 2 aromatic carbocycles. The lowest BCUT2D eigenvalue weighted by molar-refractivity contribution is 0.218. The van der Waals surface area contributed by atoms with Gasteiger partial charge < -0.3 is 4.74 Å². The Balaban J connectivity index is 1.58. The van der Waals surface area contributed by atoms with Gasteiger partial charge in [0, 0.05) is 21.7 Å². The fourth-order valence-electron chi connectivity index (χ4n) is 4.19. The second-order valence-corrected chi connectivity index (χ2v) is 11.9. The zero-order chi connectivity index (χ0) is 24.5. The van der Waals surface area contributed by atoms with E-state index in [1.54, 1.807) is 35.8 Å². The molecule has 1 heterocycles. The van der Waals surface area contributed by atoms with Crippen LogP contribution in [0.4, 0.5) is 5.00 Å². The molecule has 1 aromatic heterocycles. The van der Waals surface area contributed by atoms with Crippen molar-refractivity contribution in [1.82, 2.24) is 0 Å². The van der Waals surface area contributed by atoms with Gasteiger partial charge in [0.25, 0.3) is 0 Å². The van der Waals surface area contributed by atoms with Crippen LogP contribution in [0.25, 0.3) is 0 Å². The Kier molecular flexibility index (Phi) is 7.60. The van der Waals surface area contributed by atoms with E-state index in [4.69, 9.17) is 44.5 Å². The molecule has 176 valence electrons. The molecule has 3 aromatic rings. The fraction of sp³-hybridized carbons (Fsp3) is 0.333. The van der Waals surface area contributed by atoms with E-state index >= 15 is 0 Å². The number of ether oxygens (including phenoxy) is 1. The highest BCUT2D eigenvalue weighted by Crippen LogP contribution is 2.45. The van der Waals surface area contributed by atoms with Crippen LogP contribution in [0.1, 0.15) is 54.3 Å². The Morgan fingerprint density at radius 2 is 1.94 bits per heavy atom. The molecule has 7 heteroatoms. The van der Waals surface area contributed by atoms with Gasteiger partial charge in [-0.1, -0.05) is 61.6 Å². The summed E-state index contributed by atoms with van der Waals surface area (Å²) in [6, 6.07) is 13.2. The van der Waals surface area contributed by atoms with Crippen molar-refractivity contribution in [2.45, 2.75) is 46.6 Å². The van der Waals surface area contributed by atoms with Crippen molar-refractivity contribution < 1.29 is 4.74 Å². The van der Waals surface area contributed by atoms with Crippen molar-refractivity contribution in [3.63, 3.8) is 0 Å². The quantitative estimate of drug-likeness (QED) is 0.308. The fourth-order valence-corrected chi connectivity index (χ4v) is 5.91. The maximum Gasteiger partial charge on any atom is 0.134 e. The monoisotopic (exact) mass is 530 g/mol. The van der Waals surface area contributed by atoms with E-state index < -0.39 is 0 Å². The number of nitrogens with zero attached hydrogens (tertiary/aromatic N) is 2. The molecule has 4 rings (SSSR count). The molecule has 0 radical (unpaired) electrons. The Bertz CT molecular complexity index is 1280. The molecule has 0 saturated heterocycles. The average Bonchev–Trinajstić information content (AvgIpc) is 3.15. The van der Waals surface area contributed by atoms with Gasteiger partial charge in [-0.3, -0.25) is 0 Å². The standard InChI is InChI=1S/C27H25Cl3N2OS/c1-27(2,3)18-5-7-20-21(13-31)26(34-25(20)12-18)32-14-17-11-19(28)6-9-24(17)33-15-16-4-8-22(29)23(30)10-16/h4,6,8-11,14,18H,5,7,12,15H2,1-3H3/t18-/m0/s1. The number of fused-ring (bicyclic) bond motifs is 1. The first-order valence-electron chi connectivity index (χ1n) is 11.1. The first-order valence-corrected chi connectivity index (χ1v) is 13.1. The van der Waals surface area contributed by atoms with Crippen LogP contribution in [0.5, 0.6) is 5.75 Å². The molecule has 0 spiro atoms. The van der Waals surface area contributed by atoms with Crippen LogP contribution in [-0.2, 0) is 19.4 Å². The van der Waals surface area contributed by atoms with Gasteiger partial charge in [0.15, 0.2) is 0 Å². The maximum atomic E-state index is 9.85. The topological polar surface area (TPSA) is 45.4 Å². The van der Waals surface area contributed by atoms with Crippen LogP contribution in [0.2, 0.25) is 15.1 Å². The summed E-state index contributed by atoms with van der Waals surface area (Å²) in [5.74, 6) is 1.25. The van der Waals surface area contributed by atoms with Crippen LogP contribution in [-0.4, -0.2) is 6.21 Å². The van der Waals surface area contributed by atoms with Crippen LogP contribution >= 0.6 is 46.1 Å². The molecular formula is C27H25Cl3N2OS. The third-order valence-corrected chi connectivity index (χ3v) is 8.39. The molecule has 0 bridgehead atoms. The SMILES string of the molecule is CC(C)(C)[C@H]1CCc2c(sc(N=Cc3cc(Cl)ccc3OCc3ccc(Cl)c(Cl)c3)c2C#N)C1. The molecule has 1 aliphatic carbocycles. The predicted molar refractivity (Wildman–Crippen MR) is 144 cm³/mol. The van der Waals surface area contributed by atoms with Crippen LogP contribution < -0.4 is 4.74 Å². The van der Waals surface area contributed by atoms with Crippen molar-refractivity contribution in [2.24, 2.45) is 16.3 Å². The Morgan fingerprint density at radius 3 is 2.65 bits per heavy atom. The zero-order valence-electron chi connectivity index (χ0n) is 19.3. The average molecular weight is 532 g/mol. The summed E-state index contributed by atoms with van der Waals surface area (Å²) >= 11 is 20.0. The van der Waals surface area contributed by atoms with Crippen molar-refractivity contribution in [1.29, 1.82) is 5.26 Å².